The number of hydrogen-bond acceptors (Lipinski definition) is 4. The minimum Gasteiger partial charge on any atom is -0.496 e. The van der Waals surface area contributed by atoms with Crippen LogP contribution in [0, 0.1) is 6.92 Å². The number of ether oxygens (including phenoxy) is 1. The quantitative estimate of drug-likeness (QED) is 0.373. The van der Waals surface area contributed by atoms with E-state index in [2.05, 4.69) is 21.2 Å². The molecule has 8 heteroatoms. The summed E-state index contributed by atoms with van der Waals surface area (Å²) in [7, 11) is -2.54. The molecular formula is C26H29BrN2O4S. The van der Waals surface area contributed by atoms with Crippen molar-refractivity contribution in [3.05, 3.63) is 81.8 Å². The molecular weight excluding hydrogens is 516 g/mol. The van der Waals surface area contributed by atoms with Gasteiger partial charge in [0.25, 0.3) is 10.0 Å². The first-order valence-electron chi connectivity index (χ1n) is 11.0. The van der Waals surface area contributed by atoms with E-state index in [1.807, 2.05) is 51.1 Å². The van der Waals surface area contributed by atoms with Crippen molar-refractivity contribution < 1.29 is 17.9 Å². The molecule has 0 fully saturated rings. The Balaban J connectivity index is 2.00. The molecule has 0 aliphatic rings. The number of rotatable bonds is 9. The smallest absolute Gasteiger partial charge is 0.264 e. The van der Waals surface area contributed by atoms with Gasteiger partial charge >= 0.3 is 0 Å². The lowest BCUT2D eigenvalue weighted by Gasteiger charge is -2.25. The Bertz CT molecular complexity index is 1250. The first-order chi connectivity index (χ1) is 16.2. The first kappa shape index (κ1) is 25.8. The molecule has 0 saturated heterocycles. The van der Waals surface area contributed by atoms with E-state index in [1.54, 1.807) is 18.2 Å². The number of halogens is 1. The Morgan fingerprint density at radius 3 is 2.15 bits per heavy atom. The summed E-state index contributed by atoms with van der Waals surface area (Å²) in [5.74, 6) is 0.106. The summed E-state index contributed by atoms with van der Waals surface area (Å²) >= 11 is 3.35. The third-order valence-corrected chi connectivity index (χ3v) is 7.97. The Labute approximate surface area is 210 Å². The SMILES string of the molecule is CCc1cccc(CC)c1NC(=O)CN(c1ccc(C)cc1)S(=O)(=O)c1ccc(OC)c(Br)c1. The molecule has 6 nitrogen and oxygen atoms in total. The second-order valence-electron chi connectivity index (χ2n) is 7.85. The standard InChI is InChI=1S/C26H29BrN2O4S/c1-5-19-8-7-9-20(6-2)26(19)28-25(30)17-29(21-12-10-18(3)11-13-21)34(31,32)22-14-15-24(33-4)23(27)16-22/h7-16H,5-6,17H2,1-4H3,(H,28,30). The number of benzene rings is 3. The molecule has 0 spiro atoms. The lowest BCUT2D eigenvalue weighted by molar-refractivity contribution is -0.114. The van der Waals surface area contributed by atoms with Crippen LogP contribution < -0.4 is 14.4 Å². The van der Waals surface area contributed by atoms with Crippen LogP contribution in [0.15, 0.2) is 70.0 Å². The summed E-state index contributed by atoms with van der Waals surface area (Å²) in [6, 6.07) is 17.5. The highest BCUT2D eigenvalue weighted by atomic mass is 79.9. The number of anilines is 2. The van der Waals surface area contributed by atoms with Crippen molar-refractivity contribution in [3.8, 4) is 5.75 Å². The third-order valence-electron chi connectivity index (χ3n) is 5.58. The van der Waals surface area contributed by atoms with Gasteiger partial charge in [-0.25, -0.2) is 8.42 Å². The fraction of sp³-hybridized carbons (Fsp3) is 0.269. The number of amides is 1. The van der Waals surface area contributed by atoms with Gasteiger partial charge in [-0.05, 0) is 77.2 Å². The van der Waals surface area contributed by atoms with E-state index in [1.165, 1.54) is 19.2 Å². The van der Waals surface area contributed by atoms with Gasteiger partial charge in [0.1, 0.15) is 12.3 Å². The van der Waals surface area contributed by atoms with Gasteiger partial charge in [-0.1, -0.05) is 49.7 Å². The van der Waals surface area contributed by atoms with Gasteiger partial charge in [0.15, 0.2) is 0 Å². The number of aryl methyl sites for hydroxylation is 3. The largest absolute Gasteiger partial charge is 0.496 e. The van der Waals surface area contributed by atoms with Crippen molar-refractivity contribution in [1.82, 2.24) is 0 Å². The molecule has 1 N–H and O–H groups in total. The van der Waals surface area contributed by atoms with Crippen LogP contribution in [0.2, 0.25) is 0 Å². The molecule has 3 rings (SSSR count). The lowest BCUT2D eigenvalue weighted by Crippen LogP contribution is -2.38. The number of nitrogens with one attached hydrogen (secondary N) is 1. The van der Waals surface area contributed by atoms with Gasteiger partial charge in [-0.2, -0.15) is 0 Å². The minimum atomic E-state index is -4.05. The highest BCUT2D eigenvalue weighted by molar-refractivity contribution is 9.10. The minimum absolute atomic E-state index is 0.0526. The zero-order chi connectivity index (χ0) is 24.9. The van der Waals surface area contributed by atoms with Crippen LogP contribution in [0.25, 0.3) is 0 Å². The van der Waals surface area contributed by atoms with Crippen LogP contribution in [0.4, 0.5) is 11.4 Å². The molecule has 34 heavy (non-hydrogen) atoms. The molecule has 0 aliphatic heterocycles. The average molecular weight is 545 g/mol. The Morgan fingerprint density at radius 2 is 1.62 bits per heavy atom. The van der Waals surface area contributed by atoms with E-state index in [9.17, 15) is 13.2 Å². The topological polar surface area (TPSA) is 75.7 Å². The first-order valence-corrected chi connectivity index (χ1v) is 13.3. The van der Waals surface area contributed by atoms with Crippen molar-refractivity contribution in [2.75, 3.05) is 23.3 Å². The number of hydrogen-bond donors (Lipinski definition) is 1. The van der Waals surface area contributed by atoms with E-state index < -0.39 is 15.9 Å². The second-order valence-corrected chi connectivity index (χ2v) is 10.6. The normalized spacial score (nSPS) is 11.2. The predicted octanol–water partition coefficient (Wildman–Crippen LogP) is 5.72. The van der Waals surface area contributed by atoms with Gasteiger partial charge in [0.05, 0.1) is 22.2 Å². The van der Waals surface area contributed by atoms with Crippen LogP contribution >= 0.6 is 15.9 Å². The van der Waals surface area contributed by atoms with Gasteiger partial charge < -0.3 is 10.1 Å². The number of methoxy groups -OCH3 is 1. The van der Waals surface area contributed by atoms with Crippen molar-refractivity contribution in [2.45, 2.75) is 38.5 Å². The Hall–Kier alpha value is -2.84. The summed E-state index contributed by atoms with van der Waals surface area (Å²) in [4.78, 5) is 13.3. The van der Waals surface area contributed by atoms with Crippen LogP contribution in [0.3, 0.4) is 0 Å². The van der Waals surface area contributed by atoms with Gasteiger partial charge in [0.2, 0.25) is 5.91 Å². The lowest BCUT2D eigenvalue weighted by atomic mass is 10.0. The summed E-state index contributed by atoms with van der Waals surface area (Å²) in [6.07, 6.45) is 1.51. The molecule has 0 radical (unpaired) electrons. The molecule has 0 unspecified atom stereocenters. The number of sulfonamides is 1. The highest BCUT2D eigenvalue weighted by Crippen LogP contribution is 2.31. The van der Waals surface area contributed by atoms with Crippen LogP contribution in [-0.4, -0.2) is 28.0 Å². The summed E-state index contributed by atoms with van der Waals surface area (Å²) in [5.41, 5.74) is 4.17. The van der Waals surface area contributed by atoms with Gasteiger partial charge in [-0.15, -0.1) is 0 Å². The summed E-state index contributed by atoms with van der Waals surface area (Å²) in [6.45, 7) is 5.60. The second kappa shape index (κ2) is 11.1. The number of carbonyl (C=O) groups is 1. The van der Waals surface area contributed by atoms with Crippen molar-refractivity contribution in [3.63, 3.8) is 0 Å². The molecule has 3 aromatic rings. The molecule has 0 bridgehead atoms. The molecule has 0 heterocycles. The van der Waals surface area contributed by atoms with E-state index in [-0.39, 0.29) is 11.4 Å². The molecule has 3 aromatic carbocycles. The van der Waals surface area contributed by atoms with Gasteiger partial charge in [0, 0.05) is 5.69 Å². The van der Waals surface area contributed by atoms with E-state index in [0.29, 0.717) is 15.9 Å². The molecule has 0 saturated carbocycles. The number of para-hydroxylation sites is 1. The molecule has 180 valence electrons. The van der Waals surface area contributed by atoms with Crippen LogP contribution in [-0.2, 0) is 27.7 Å². The van der Waals surface area contributed by atoms with Crippen LogP contribution in [0.1, 0.15) is 30.5 Å². The zero-order valence-electron chi connectivity index (χ0n) is 19.8. The Morgan fingerprint density at radius 1 is 1.00 bits per heavy atom. The fourth-order valence-corrected chi connectivity index (χ4v) is 5.81. The summed E-state index contributed by atoms with van der Waals surface area (Å²) in [5, 5.41) is 2.97. The van der Waals surface area contributed by atoms with Crippen molar-refractivity contribution >= 4 is 43.2 Å². The van der Waals surface area contributed by atoms with Crippen molar-refractivity contribution in [2.24, 2.45) is 0 Å². The van der Waals surface area contributed by atoms with E-state index >= 15 is 0 Å². The van der Waals surface area contributed by atoms with E-state index in [0.717, 1.165) is 39.5 Å². The number of carbonyl (C=O) groups excluding carboxylic acids is 1. The predicted molar refractivity (Wildman–Crippen MR) is 140 cm³/mol. The molecule has 1 amide bonds. The van der Waals surface area contributed by atoms with Crippen LogP contribution in [0.5, 0.6) is 5.75 Å². The fourth-order valence-electron chi connectivity index (χ4n) is 3.67. The maximum atomic E-state index is 13.7. The monoisotopic (exact) mass is 544 g/mol. The maximum Gasteiger partial charge on any atom is 0.264 e. The molecule has 0 aromatic heterocycles. The number of nitrogens with zero attached hydrogens (tertiary/aromatic N) is 1. The summed E-state index contributed by atoms with van der Waals surface area (Å²) < 4.78 is 34.2. The maximum absolute atomic E-state index is 13.7. The molecule has 0 aliphatic carbocycles. The third kappa shape index (κ3) is 5.62. The zero-order valence-corrected chi connectivity index (χ0v) is 22.2. The average Bonchev–Trinajstić information content (AvgIpc) is 2.83. The highest BCUT2D eigenvalue weighted by Gasteiger charge is 2.28. The van der Waals surface area contributed by atoms with E-state index in [4.69, 9.17) is 4.74 Å². The molecule has 0 atom stereocenters. The van der Waals surface area contributed by atoms with Crippen molar-refractivity contribution in [1.29, 1.82) is 0 Å². The van der Waals surface area contributed by atoms with Gasteiger partial charge in [-0.3, -0.25) is 9.10 Å². The Kier molecular flexibility index (Phi) is 8.38.